The van der Waals surface area contributed by atoms with Gasteiger partial charge in [0.15, 0.2) is 0 Å². The van der Waals surface area contributed by atoms with Crippen molar-refractivity contribution in [1.82, 2.24) is 0 Å². The third-order valence-electron chi connectivity index (χ3n) is 3.65. The maximum Gasteiger partial charge on any atom is 0.306 e. The number of aryl methyl sites for hydroxylation is 1. The molecule has 0 spiro atoms. The number of carbonyl (C=O) groups is 2. The highest BCUT2D eigenvalue weighted by atomic mass is 16.5. The molecule has 0 saturated carbocycles. The van der Waals surface area contributed by atoms with Crippen LogP contribution in [-0.4, -0.2) is 17.0 Å². The summed E-state index contributed by atoms with van der Waals surface area (Å²) in [6, 6.07) is 20.1. The van der Waals surface area contributed by atoms with E-state index >= 15 is 0 Å². The van der Waals surface area contributed by atoms with E-state index < -0.39 is 5.97 Å². The van der Waals surface area contributed by atoms with Crippen LogP contribution in [0.2, 0.25) is 0 Å². The molecule has 0 unspecified atom stereocenters. The number of carboxylic acid groups (broad SMARTS) is 1. The fourth-order valence-electron chi connectivity index (χ4n) is 2.27. The van der Waals surface area contributed by atoms with Gasteiger partial charge in [0.05, 0.1) is 0 Å². The highest BCUT2D eigenvalue weighted by Gasteiger charge is 2.03. The Morgan fingerprint density at radius 1 is 0.846 bits per heavy atom. The zero-order valence-corrected chi connectivity index (χ0v) is 15.4. The average Bonchev–Trinajstić information content (AvgIpc) is 2.66. The number of rotatable bonds is 9. The van der Waals surface area contributed by atoms with Crippen LogP contribution >= 0.6 is 0 Å². The van der Waals surface area contributed by atoms with Crippen molar-refractivity contribution in [2.75, 3.05) is 0 Å². The van der Waals surface area contributed by atoms with Crippen LogP contribution in [0.15, 0.2) is 60.7 Å². The molecule has 2 rings (SSSR count). The lowest BCUT2D eigenvalue weighted by Gasteiger charge is -2.05. The van der Waals surface area contributed by atoms with Crippen LogP contribution < -0.4 is 0 Å². The van der Waals surface area contributed by atoms with E-state index in [1.54, 1.807) is 0 Å². The quantitative estimate of drug-likeness (QED) is 0.506. The van der Waals surface area contributed by atoms with Crippen molar-refractivity contribution in [3.8, 4) is 0 Å². The van der Waals surface area contributed by atoms with Crippen molar-refractivity contribution in [1.29, 1.82) is 0 Å². The van der Waals surface area contributed by atoms with Crippen LogP contribution in [0.25, 0.3) is 0 Å². The van der Waals surface area contributed by atoms with Gasteiger partial charge in [0.25, 0.3) is 0 Å². The topological polar surface area (TPSA) is 63.6 Å². The molecule has 0 aliphatic rings. The Bertz CT molecular complexity index is 623. The SMILES string of the molecule is CCCC(=O)O.O=C(CCCCc1ccccc1)OCc1ccccc1. The summed E-state index contributed by atoms with van der Waals surface area (Å²) in [5.74, 6) is -0.820. The zero-order chi connectivity index (χ0) is 19.0. The number of aliphatic carboxylic acids is 1. The van der Waals surface area contributed by atoms with Crippen molar-refractivity contribution < 1.29 is 19.4 Å². The smallest absolute Gasteiger partial charge is 0.306 e. The summed E-state index contributed by atoms with van der Waals surface area (Å²) >= 11 is 0. The molecule has 4 nitrogen and oxygen atoms in total. The molecule has 0 radical (unpaired) electrons. The van der Waals surface area contributed by atoms with Gasteiger partial charge < -0.3 is 9.84 Å². The standard InChI is InChI=1S/C18H20O2.C4H8O2/c19-18(20-15-17-12-5-2-6-13-17)14-8-7-11-16-9-3-1-4-10-16;1-2-3-4(5)6/h1-6,9-10,12-13H,7-8,11,14-15H2;2-3H2,1H3,(H,5,6). The predicted octanol–water partition coefficient (Wildman–Crippen LogP) is 5.01. The number of ether oxygens (including phenoxy) is 1. The molecule has 0 atom stereocenters. The predicted molar refractivity (Wildman–Crippen MR) is 103 cm³/mol. The fourth-order valence-corrected chi connectivity index (χ4v) is 2.27. The van der Waals surface area contributed by atoms with Gasteiger partial charge in [-0.2, -0.15) is 0 Å². The summed E-state index contributed by atoms with van der Waals surface area (Å²) in [5, 5.41) is 7.91. The van der Waals surface area contributed by atoms with E-state index in [1.807, 2.05) is 55.5 Å². The first-order valence-corrected chi connectivity index (χ1v) is 9.07. The Hall–Kier alpha value is -2.62. The van der Waals surface area contributed by atoms with Crippen LogP contribution in [0.4, 0.5) is 0 Å². The molecule has 140 valence electrons. The van der Waals surface area contributed by atoms with Crippen molar-refractivity contribution in [3.05, 3.63) is 71.8 Å². The fraction of sp³-hybridized carbons (Fsp3) is 0.364. The molecule has 0 aromatic heterocycles. The Kier molecular flexibility index (Phi) is 11.2. The van der Waals surface area contributed by atoms with Crippen molar-refractivity contribution in [2.45, 2.75) is 52.1 Å². The minimum Gasteiger partial charge on any atom is -0.481 e. The summed E-state index contributed by atoms with van der Waals surface area (Å²) in [6.07, 6.45) is 4.44. The Labute approximate surface area is 155 Å². The number of carbonyl (C=O) groups excluding carboxylic acids is 1. The summed E-state index contributed by atoms with van der Waals surface area (Å²) in [6.45, 7) is 2.21. The van der Waals surface area contributed by atoms with Crippen molar-refractivity contribution >= 4 is 11.9 Å². The van der Waals surface area contributed by atoms with E-state index in [9.17, 15) is 9.59 Å². The van der Waals surface area contributed by atoms with Gasteiger partial charge in [-0.3, -0.25) is 9.59 Å². The molecule has 0 saturated heterocycles. The molecule has 0 aliphatic heterocycles. The molecular weight excluding hydrogens is 328 g/mol. The lowest BCUT2D eigenvalue weighted by Crippen LogP contribution is -2.04. The summed E-state index contributed by atoms with van der Waals surface area (Å²) in [7, 11) is 0. The van der Waals surface area contributed by atoms with Gasteiger partial charge in [-0.05, 0) is 36.8 Å². The molecular formula is C22H28O4. The first-order chi connectivity index (χ1) is 12.6. The lowest BCUT2D eigenvalue weighted by molar-refractivity contribution is -0.145. The van der Waals surface area contributed by atoms with E-state index in [0.717, 1.165) is 31.2 Å². The largest absolute Gasteiger partial charge is 0.481 e. The molecule has 0 amide bonds. The van der Waals surface area contributed by atoms with Gasteiger partial charge in [0.2, 0.25) is 0 Å². The zero-order valence-electron chi connectivity index (χ0n) is 15.4. The van der Waals surface area contributed by atoms with Gasteiger partial charge >= 0.3 is 11.9 Å². The van der Waals surface area contributed by atoms with E-state index in [0.29, 0.717) is 19.4 Å². The van der Waals surface area contributed by atoms with Gasteiger partial charge in [0.1, 0.15) is 6.61 Å². The van der Waals surface area contributed by atoms with Crippen LogP contribution in [0.5, 0.6) is 0 Å². The van der Waals surface area contributed by atoms with E-state index in [4.69, 9.17) is 9.84 Å². The molecule has 0 aliphatic carbocycles. The maximum atomic E-state index is 11.6. The monoisotopic (exact) mass is 356 g/mol. The minimum absolute atomic E-state index is 0.109. The van der Waals surface area contributed by atoms with Gasteiger partial charge in [0, 0.05) is 12.8 Å². The van der Waals surface area contributed by atoms with Gasteiger partial charge in [-0.25, -0.2) is 0 Å². The van der Waals surface area contributed by atoms with Gasteiger partial charge in [-0.1, -0.05) is 67.6 Å². The summed E-state index contributed by atoms with van der Waals surface area (Å²) < 4.78 is 5.24. The van der Waals surface area contributed by atoms with Crippen LogP contribution in [0, 0.1) is 0 Å². The third kappa shape index (κ3) is 11.0. The minimum atomic E-state index is -0.711. The lowest BCUT2D eigenvalue weighted by atomic mass is 10.1. The van der Waals surface area contributed by atoms with E-state index in [-0.39, 0.29) is 5.97 Å². The van der Waals surface area contributed by atoms with E-state index in [2.05, 4.69) is 12.1 Å². The molecule has 0 fully saturated rings. The van der Waals surface area contributed by atoms with Crippen LogP contribution in [0.1, 0.15) is 50.2 Å². The summed E-state index contributed by atoms with van der Waals surface area (Å²) in [4.78, 5) is 21.2. The first-order valence-electron chi connectivity index (χ1n) is 9.07. The van der Waals surface area contributed by atoms with Gasteiger partial charge in [-0.15, -0.1) is 0 Å². The van der Waals surface area contributed by atoms with Crippen molar-refractivity contribution in [3.63, 3.8) is 0 Å². The highest BCUT2D eigenvalue weighted by molar-refractivity contribution is 5.69. The second kappa shape index (κ2) is 13.6. The Morgan fingerprint density at radius 3 is 1.92 bits per heavy atom. The molecule has 2 aromatic rings. The maximum absolute atomic E-state index is 11.6. The second-order valence-corrected chi connectivity index (χ2v) is 5.98. The van der Waals surface area contributed by atoms with Crippen LogP contribution in [-0.2, 0) is 27.4 Å². The summed E-state index contributed by atoms with van der Waals surface area (Å²) in [5.41, 5.74) is 2.36. The average molecular weight is 356 g/mol. The normalized spacial score (nSPS) is 9.73. The van der Waals surface area contributed by atoms with E-state index in [1.165, 1.54) is 5.56 Å². The van der Waals surface area contributed by atoms with Crippen LogP contribution in [0.3, 0.4) is 0 Å². The molecule has 4 heteroatoms. The third-order valence-corrected chi connectivity index (χ3v) is 3.65. The number of unbranched alkanes of at least 4 members (excludes halogenated alkanes) is 1. The second-order valence-electron chi connectivity index (χ2n) is 5.98. The Balaban J connectivity index is 0.000000487. The number of hydrogen-bond donors (Lipinski definition) is 1. The van der Waals surface area contributed by atoms with Crippen molar-refractivity contribution in [2.24, 2.45) is 0 Å². The highest BCUT2D eigenvalue weighted by Crippen LogP contribution is 2.08. The molecule has 26 heavy (non-hydrogen) atoms. The first kappa shape index (κ1) is 21.4. The molecule has 1 N–H and O–H groups in total. The number of esters is 1. The Morgan fingerprint density at radius 2 is 1.42 bits per heavy atom. The molecule has 2 aromatic carbocycles. The number of benzene rings is 2. The number of carboxylic acids is 1. The molecule has 0 heterocycles. The molecule has 0 bridgehead atoms. The number of hydrogen-bond acceptors (Lipinski definition) is 3.